The molecule has 3 rings (SSSR count). The number of methoxy groups -OCH3 is 1. The highest BCUT2D eigenvalue weighted by Gasteiger charge is 2.11. The maximum Gasteiger partial charge on any atom is 0.153 e. The molecule has 0 radical (unpaired) electrons. The van der Waals surface area contributed by atoms with E-state index in [1.165, 1.54) is 0 Å². The van der Waals surface area contributed by atoms with Gasteiger partial charge in [-0.25, -0.2) is 4.98 Å². The number of benzene rings is 1. The van der Waals surface area contributed by atoms with Crippen LogP contribution in [0.1, 0.15) is 26.3 Å². The number of H-pyrrole nitrogens is 1. The van der Waals surface area contributed by atoms with Gasteiger partial charge in [0.25, 0.3) is 0 Å². The van der Waals surface area contributed by atoms with Crippen molar-refractivity contribution in [1.82, 2.24) is 15.2 Å². The Hall–Kier alpha value is -3.04. The number of pyridine rings is 1. The van der Waals surface area contributed by atoms with Crippen molar-refractivity contribution >= 4 is 22.5 Å². The number of nitrogen functional groups attached to an aromatic ring is 1. The molecule has 6 heteroatoms. The smallest absolute Gasteiger partial charge is 0.153 e. The Morgan fingerprint density at radius 3 is 2.78 bits per heavy atom. The van der Waals surface area contributed by atoms with Crippen molar-refractivity contribution in [2.75, 3.05) is 31.3 Å². The third-order valence-corrected chi connectivity index (χ3v) is 3.98. The van der Waals surface area contributed by atoms with E-state index in [2.05, 4.69) is 59.2 Å². The molecule has 6 nitrogen and oxygen atoms in total. The molecular formula is C21H25N5O. The predicted molar refractivity (Wildman–Crippen MR) is 110 cm³/mol. The fraction of sp³-hybridized carbons (Fsp3) is 0.333. The second kappa shape index (κ2) is 7.68. The maximum atomic E-state index is 6.06. The molecule has 0 unspecified atom stereocenters. The number of rotatable bonds is 5. The topological polar surface area (TPSA) is 88.8 Å². The SMILES string of the molecule is COCCNc1cc(-c2cc(C#CC(C)(C)C)c3[nH]nc(N)c3c2)ccn1. The Morgan fingerprint density at radius 2 is 2.04 bits per heavy atom. The van der Waals surface area contributed by atoms with Gasteiger partial charge >= 0.3 is 0 Å². The number of fused-ring (bicyclic) bond motifs is 1. The molecule has 0 saturated carbocycles. The summed E-state index contributed by atoms with van der Waals surface area (Å²) >= 11 is 0. The minimum atomic E-state index is -0.0942. The summed E-state index contributed by atoms with van der Waals surface area (Å²) in [6.07, 6.45) is 1.79. The van der Waals surface area contributed by atoms with Gasteiger partial charge in [-0.05, 0) is 56.2 Å². The van der Waals surface area contributed by atoms with E-state index in [0.29, 0.717) is 19.0 Å². The maximum absolute atomic E-state index is 6.06. The molecule has 0 aliphatic carbocycles. The van der Waals surface area contributed by atoms with Crippen molar-refractivity contribution < 1.29 is 4.74 Å². The third kappa shape index (κ3) is 4.57. The molecule has 0 spiro atoms. The average Bonchev–Trinajstić information content (AvgIpc) is 3.01. The molecule has 2 aromatic heterocycles. The average molecular weight is 363 g/mol. The first-order chi connectivity index (χ1) is 12.9. The van der Waals surface area contributed by atoms with Crippen molar-refractivity contribution in [3.8, 4) is 23.0 Å². The van der Waals surface area contributed by atoms with Crippen LogP contribution in [0.4, 0.5) is 11.6 Å². The number of nitrogens with two attached hydrogens (primary N) is 1. The number of aromatic amines is 1. The third-order valence-electron chi connectivity index (χ3n) is 3.98. The quantitative estimate of drug-likeness (QED) is 0.475. The van der Waals surface area contributed by atoms with Crippen LogP contribution in [0.3, 0.4) is 0 Å². The minimum absolute atomic E-state index is 0.0942. The van der Waals surface area contributed by atoms with Crippen LogP contribution in [0.25, 0.3) is 22.0 Å². The lowest BCUT2D eigenvalue weighted by atomic mass is 9.96. The summed E-state index contributed by atoms with van der Waals surface area (Å²) in [5, 5.41) is 11.3. The normalized spacial score (nSPS) is 11.3. The number of hydrogen-bond donors (Lipinski definition) is 3. The van der Waals surface area contributed by atoms with Gasteiger partial charge in [0.05, 0.1) is 17.7 Å². The van der Waals surface area contributed by atoms with Crippen molar-refractivity contribution in [1.29, 1.82) is 0 Å². The molecule has 0 bridgehead atoms. The first kappa shape index (κ1) is 18.7. The lowest BCUT2D eigenvalue weighted by molar-refractivity contribution is 0.210. The molecule has 0 saturated heterocycles. The van der Waals surface area contributed by atoms with E-state index >= 15 is 0 Å². The standard InChI is InChI=1S/C21H25N5O/c1-21(2,3)7-5-15-11-16(12-17-19(15)25-26-20(17)22)14-6-8-23-18(13-14)24-9-10-27-4/h6,8,11-13H,9-10H2,1-4H3,(H,23,24)(H3,22,25,26). The van der Waals surface area contributed by atoms with Crippen LogP contribution in [0.2, 0.25) is 0 Å². The van der Waals surface area contributed by atoms with E-state index in [9.17, 15) is 0 Å². The number of nitrogens with one attached hydrogen (secondary N) is 2. The van der Waals surface area contributed by atoms with Crippen LogP contribution < -0.4 is 11.1 Å². The van der Waals surface area contributed by atoms with E-state index in [-0.39, 0.29) is 5.41 Å². The van der Waals surface area contributed by atoms with Crippen molar-refractivity contribution in [3.63, 3.8) is 0 Å². The largest absolute Gasteiger partial charge is 0.383 e. The highest BCUT2D eigenvalue weighted by atomic mass is 16.5. The second-order valence-electron chi connectivity index (χ2n) is 7.40. The first-order valence-corrected chi connectivity index (χ1v) is 8.87. The molecule has 0 aliphatic rings. The van der Waals surface area contributed by atoms with Crippen LogP contribution >= 0.6 is 0 Å². The van der Waals surface area contributed by atoms with E-state index in [1.54, 1.807) is 13.3 Å². The second-order valence-corrected chi connectivity index (χ2v) is 7.40. The molecule has 140 valence electrons. The van der Waals surface area contributed by atoms with Gasteiger partial charge in [-0.3, -0.25) is 5.10 Å². The van der Waals surface area contributed by atoms with Crippen LogP contribution in [0.15, 0.2) is 30.5 Å². The van der Waals surface area contributed by atoms with Crippen LogP contribution in [0, 0.1) is 17.3 Å². The zero-order valence-corrected chi connectivity index (χ0v) is 16.2. The summed E-state index contributed by atoms with van der Waals surface area (Å²) in [4.78, 5) is 4.36. The highest BCUT2D eigenvalue weighted by Crippen LogP contribution is 2.30. The number of anilines is 2. The Labute approximate surface area is 159 Å². The Bertz CT molecular complexity index is 1000. The van der Waals surface area contributed by atoms with Gasteiger partial charge in [0, 0.05) is 30.7 Å². The van der Waals surface area contributed by atoms with Gasteiger partial charge < -0.3 is 15.8 Å². The van der Waals surface area contributed by atoms with E-state index in [0.717, 1.165) is 33.4 Å². The van der Waals surface area contributed by atoms with E-state index < -0.39 is 0 Å². The zero-order chi connectivity index (χ0) is 19.4. The van der Waals surface area contributed by atoms with Gasteiger partial charge in [-0.2, -0.15) is 5.10 Å². The van der Waals surface area contributed by atoms with Gasteiger partial charge in [0.15, 0.2) is 5.82 Å². The Kier molecular flexibility index (Phi) is 5.33. The molecule has 3 aromatic rings. The van der Waals surface area contributed by atoms with Gasteiger partial charge in [-0.1, -0.05) is 11.8 Å². The minimum Gasteiger partial charge on any atom is -0.383 e. The van der Waals surface area contributed by atoms with Crippen LogP contribution in [-0.4, -0.2) is 35.4 Å². The Balaban J connectivity index is 2.05. The molecule has 0 amide bonds. The molecule has 4 N–H and O–H groups in total. The van der Waals surface area contributed by atoms with Crippen molar-refractivity contribution in [3.05, 3.63) is 36.0 Å². The fourth-order valence-electron chi connectivity index (χ4n) is 2.65. The van der Waals surface area contributed by atoms with Gasteiger partial charge in [0.1, 0.15) is 5.82 Å². The molecule has 0 atom stereocenters. The Morgan fingerprint density at radius 1 is 1.22 bits per heavy atom. The van der Waals surface area contributed by atoms with Crippen molar-refractivity contribution in [2.45, 2.75) is 20.8 Å². The number of ether oxygens (including phenoxy) is 1. The number of nitrogens with zero attached hydrogens (tertiary/aromatic N) is 2. The summed E-state index contributed by atoms with van der Waals surface area (Å²) < 4.78 is 5.07. The summed E-state index contributed by atoms with van der Waals surface area (Å²) in [5.41, 5.74) is 9.76. The summed E-state index contributed by atoms with van der Waals surface area (Å²) in [7, 11) is 1.68. The summed E-state index contributed by atoms with van der Waals surface area (Å²) in [6.45, 7) is 7.58. The summed E-state index contributed by atoms with van der Waals surface area (Å²) in [5.74, 6) is 7.84. The molecular weight excluding hydrogens is 338 g/mol. The van der Waals surface area contributed by atoms with Gasteiger partial charge in [0.2, 0.25) is 0 Å². The van der Waals surface area contributed by atoms with Crippen molar-refractivity contribution in [2.24, 2.45) is 5.41 Å². The molecule has 27 heavy (non-hydrogen) atoms. The lowest BCUT2D eigenvalue weighted by Gasteiger charge is -2.09. The first-order valence-electron chi connectivity index (χ1n) is 8.87. The van der Waals surface area contributed by atoms with Crippen LogP contribution in [0.5, 0.6) is 0 Å². The van der Waals surface area contributed by atoms with Gasteiger partial charge in [-0.15, -0.1) is 0 Å². The lowest BCUT2D eigenvalue weighted by Crippen LogP contribution is -2.08. The molecule has 2 heterocycles. The molecule has 0 aliphatic heterocycles. The molecule has 1 aromatic carbocycles. The summed E-state index contributed by atoms with van der Waals surface area (Å²) in [6, 6.07) is 8.08. The monoisotopic (exact) mass is 363 g/mol. The van der Waals surface area contributed by atoms with E-state index in [4.69, 9.17) is 10.5 Å². The predicted octanol–water partition coefficient (Wildman–Crippen LogP) is 3.66. The molecule has 0 fully saturated rings. The highest BCUT2D eigenvalue weighted by molar-refractivity contribution is 5.96. The number of hydrogen-bond acceptors (Lipinski definition) is 5. The van der Waals surface area contributed by atoms with E-state index in [1.807, 2.05) is 18.2 Å². The fourth-order valence-corrected chi connectivity index (χ4v) is 2.65. The zero-order valence-electron chi connectivity index (χ0n) is 16.2. The van der Waals surface area contributed by atoms with Crippen LogP contribution in [-0.2, 0) is 4.74 Å². The number of aromatic nitrogens is 3.